The molecule has 1 saturated carbocycles. The fraction of sp³-hybridized carbons (Fsp3) is 0.588. The summed E-state index contributed by atoms with van der Waals surface area (Å²) in [6, 6.07) is 6.73. The maximum absolute atomic E-state index is 13.4. The molecule has 3 heteroatoms. The van der Waals surface area contributed by atoms with Crippen LogP contribution in [-0.2, 0) is 11.2 Å². The van der Waals surface area contributed by atoms with E-state index in [0.717, 1.165) is 12.3 Å². The largest absolute Gasteiger partial charge is 0.356 e. The average molecular weight is 277 g/mol. The summed E-state index contributed by atoms with van der Waals surface area (Å²) in [6.07, 6.45) is 8.73. The molecule has 2 nitrogen and oxygen atoms in total. The average Bonchev–Trinajstić information content (AvgIpc) is 2.48. The third-order valence-electron chi connectivity index (χ3n) is 4.18. The molecule has 1 aromatic rings. The van der Waals surface area contributed by atoms with E-state index in [2.05, 4.69) is 5.32 Å². The molecular formula is C17H24FNO. The van der Waals surface area contributed by atoms with Crippen molar-refractivity contribution in [3.8, 4) is 0 Å². The lowest BCUT2D eigenvalue weighted by atomic mass is 9.86. The molecule has 0 saturated heterocycles. The molecule has 1 fully saturated rings. The van der Waals surface area contributed by atoms with Crippen molar-refractivity contribution in [2.75, 3.05) is 6.54 Å². The van der Waals surface area contributed by atoms with Crippen LogP contribution in [0, 0.1) is 11.7 Å². The second-order valence-corrected chi connectivity index (χ2v) is 5.73. The zero-order valence-corrected chi connectivity index (χ0v) is 12.0. The van der Waals surface area contributed by atoms with Gasteiger partial charge < -0.3 is 5.32 Å². The van der Waals surface area contributed by atoms with Crippen molar-refractivity contribution in [1.29, 1.82) is 0 Å². The molecule has 0 bridgehead atoms. The van der Waals surface area contributed by atoms with Crippen LogP contribution in [0.25, 0.3) is 0 Å². The van der Waals surface area contributed by atoms with Crippen LogP contribution in [0.3, 0.4) is 0 Å². The minimum atomic E-state index is -0.191. The van der Waals surface area contributed by atoms with Gasteiger partial charge >= 0.3 is 0 Å². The lowest BCUT2D eigenvalue weighted by molar-refractivity contribution is -0.121. The Bertz CT molecular complexity index is 427. The Hall–Kier alpha value is -1.38. The molecule has 0 aromatic heterocycles. The smallest absolute Gasteiger partial charge is 0.220 e. The van der Waals surface area contributed by atoms with E-state index in [0.29, 0.717) is 24.9 Å². The molecule has 0 aliphatic heterocycles. The SMILES string of the molecule is O=C(CCC1CCCCC1)NCCc1ccccc1F. The molecule has 20 heavy (non-hydrogen) atoms. The van der Waals surface area contributed by atoms with Crippen LogP contribution in [0.5, 0.6) is 0 Å². The van der Waals surface area contributed by atoms with Crippen molar-refractivity contribution in [3.05, 3.63) is 35.6 Å². The summed E-state index contributed by atoms with van der Waals surface area (Å²) in [7, 11) is 0. The lowest BCUT2D eigenvalue weighted by Gasteiger charge is -2.20. The van der Waals surface area contributed by atoms with Gasteiger partial charge in [-0.25, -0.2) is 4.39 Å². The molecule has 110 valence electrons. The van der Waals surface area contributed by atoms with Crippen molar-refractivity contribution >= 4 is 5.91 Å². The van der Waals surface area contributed by atoms with Gasteiger partial charge in [0.2, 0.25) is 5.91 Å². The quantitative estimate of drug-likeness (QED) is 0.841. The topological polar surface area (TPSA) is 29.1 Å². The van der Waals surface area contributed by atoms with E-state index in [-0.39, 0.29) is 11.7 Å². The number of hydrogen-bond donors (Lipinski definition) is 1. The van der Waals surface area contributed by atoms with E-state index in [1.165, 1.54) is 38.2 Å². The van der Waals surface area contributed by atoms with Crippen molar-refractivity contribution in [2.45, 2.75) is 51.4 Å². The highest BCUT2D eigenvalue weighted by Gasteiger charge is 2.14. The van der Waals surface area contributed by atoms with E-state index >= 15 is 0 Å². The zero-order chi connectivity index (χ0) is 14.2. The molecule has 0 radical (unpaired) electrons. The van der Waals surface area contributed by atoms with Gasteiger partial charge in [-0.15, -0.1) is 0 Å². The van der Waals surface area contributed by atoms with Crippen LogP contribution >= 0.6 is 0 Å². The number of hydrogen-bond acceptors (Lipinski definition) is 1. The molecule has 1 aliphatic rings. The summed E-state index contributed by atoms with van der Waals surface area (Å²) in [6.45, 7) is 0.518. The fourth-order valence-electron chi connectivity index (χ4n) is 2.94. The number of carbonyl (C=O) groups excluding carboxylic acids is 1. The summed E-state index contributed by atoms with van der Waals surface area (Å²) in [5, 5.41) is 2.89. The Morgan fingerprint density at radius 1 is 1.20 bits per heavy atom. The van der Waals surface area contributed by atoms with E-state index in [9.17, 15) is 9.18 Å². The monoisotopic (exact) mass is 277 g/mol. The highest BCUT2D eigenvalue weighted by molar-refractivity contribution is 5.75. The first-order chi connectivity index (χ1) is 9.75. The van der Waals surface area contributed by atoms with Crippen LogP contribution in [0.4, 0.5) is 4.39 Å². The molecule has 1 aliphatic carbocycles. The van der Waals surface area contributed by atoms with Crippen LogP contribution < -0.4 is 5.32 Å². The standard InChI is InChI=1S/C17H24FNO/c18-16-9-5-4-8-15(16)12-13-19-17(20)11-10-14-6-2-1-3-7-14/h4-5,8-9,14H,1-3,6-7,10-13H2,(H,19,20). The second kappa shape index (κ2) is 8.03. The maximum Gasteiger partial charge on any atom is 0.220 e. The van der Waals surface area contributed by atoms with Crippen LogP contribution in [0.15, 0.2) is 24.3 Å². The summed E-state index contributed by atoms with van der Waals surface area (Å²) >= 11 is 0. The molecule has 0 atom stereocenters. The second-order valence-electron chi connectivity index (χ2n) is 5.73. The Kier molecular flexibility index (Phi) is 6.03. The first-order valence-corrected chi connectivity index (χ1v) is 7.76. The van der Waals surface area contributed by atoms with Gasteiger partial charge in [0.25, 0.3) is 0 Å². The predicted molar refractivity (Wildman–Crippen MR) is 78.9 cm³/mol. The Balaban J connectivity index is 1.61. The van der Waals surface area contributed by atoms with E-state index in [4.69, 9.17) is 0 Å². The first kappa shape index (κ1) is 15.0. The van der Waals surface area contributed by atoms with E-state index in [1.807, 2.05) is 6.07 Å². The van der Waals surface area contributed by atoms with Gasteiger partial charge in [0, 0.05) is 13.0 Å². The molecule has 2 rings (SSSR count). The van der Waals surface area contributed by atoms with Gasteiger partial charge in [0.1, 0.15) is 5.82 Å². The highest BCUT2D eigenvalue weighted by atomic mass is 19.1. The van der Waals surface area contributed by atoms with Gasteiger partial charge in [0.05, 0.1) is 0 Å². The summed E-state index contributed by atoms with van der Waals surface area (Å²) in [5.41, 5.74) is 0.667. The third-order valence-corrected chi connectivity index (χ3v) is 4.18. The number of nitrogens with one attached hydrogen (secondary N) is 1. The van der Waals surface area contributed by atoms with Crippen molar-refractivity contribution < 1.29 is 9.18 Å². The number of carbonyl (C=O) groups is 1. The number of rotatable bonds is 6. The molecule has 1 amide bonds. The maximum atomic E-state index is 13.4. The van der Waals surface area contributed by atoms with Gasteiger partial charge in [-0.1, -0.05) is 50.3 Å². The van der Waals surface area contributed by atoms with Gasteiger partial charge in [-0.05, 0) is 30.4 Å². The van der Waals surface area contributed by atoms with E-state index < -0.39 is 0 Å². The van der Waals surface area contributed by atoms with Gasteiger partial charge in [-0.3, -0.25) is 4.79 Å². The van der Waals surface area contributed by atoms with Gasteiger partial charge in [-0.2, -0.15) is 0 Å². The van der Waals surface area contributed by atoms with Crippen molar-refractivity contribution in [3.63, 3.8) is 0 Å². The van der Waals surface area contributed by atoms with Crippen molar-refractivity contribution in [1.82, 2.24) is 5.32 Å². The molecule has 1 N–H and O–H groups in total. The number of benzene rings is 1. The number of amides is 1. The molecule has 0 unspecified atom stereocenters. The van der Waals surface area contributed by atoms with Crippen LogP contribution in [-0.4, -0.2) is 12.5 Å². The van der Waals surface area contributed by atoms with E-state index in [1.54, 1.807) is 12.1 Å². The summed E-state index contributed by atoms with van der Waals surface area (Å²) < 4.78 is 13.4. The third kappa shape index (κ3) is 4.95. The van der Waals surface area contributed by atoms with Gasteiger partial charge in [0.15, 0.2) is 0 Å². The minimum Gasteiger partial charge on any atom is -0.356 e. The Morgan fingerprint density at radius 3 is 2.70 bits per heavy atom. The zero-order valence-electron chi connectivity index (χ0n) is 12.0. The highest BCUT2D eigenvalue weighted by Crippen LogP contribution is 2.27. The molecular weight excluding hydrogens is 253 g/mol. The lowest BCUT2D eigenvalue weighted by Crippen LogP contribution is -2.26. The summed E-state index contributed by atoms with van der Waals surface area (Å²) in [5.74, 6) is 0.650. The first-order valence-electron chi connectivity index (χ1n) is 7.76. The summed E-state index contributed by atoms with van der Waals surface area (Å²) in [4.78, 5) is 11.8. The fourth-order valence-corrected chi connectivity index (χ4v) is 2.94. The van der Waals surface area contributed by atoms with Crippen molar-refractivity contribution in [2.24, 2.45) is 5.92 Å². The Labute approximate surface area is 120 Å². The minimum absolute atomic E-state index is 0.104. The van der Waals surface area contributed by atoms with Crippen LogP contribution in [0.2, 0.25) is 0 Å². The normalized spacial score (nSPS) is 16.1. The Morgan fingerprint density at radius 2 is 1.95 bits per heavy atom. The molecule has 0 spiro atoms. The predicted octanol–water partition coefficient (Wildman–Crippen LogP) is 3.84. The molecule has 0 heterocycles. The molecule has 1 aromatic carbocycles. The number of halogens is 1. The van der Waals surface area contributed by atoms with Crippen LogP contribution in [0.1, 0.15) is 50.5 Å².